The predicted octanol–water partition coefficient (Wildman–Crippen LogP) is 2.58. The average Bonchev–Trinajstić information content (AvgIpc) is 2.76. The third-order valence-corrected chi connectivity index (χ3v) is 3.43. The van der Waals surface area contributed by atoms with Gasteiger partial charge in [-0.1, -0.05) is 19.1 Å². The SMILES string of the molecule is CCCOc1cccc(C=C2SC(NC(C)=O)=NC2=O)c1. The fourth-order valence-corrected chi connectivity index (χ4v) is 2.54. The summed E-state index contributed by atoms with van der Waals surface area (Å²) >= 11 is 1.15. The molecule has 0 saturated carbocycles. The molecule has 0 saturated heterocycles. The van der Waals surface area contributed by atoms with Gasteiger partial charge in [-0.05, 0) is 42.0 Å². The van der Waals surface area contributed by atoms with Crippen LogP contribution in [-0.4, -0.2) is 23.6 Å². The summed E-state index contributed by atoms with van der Waals surface area (Å²) in [4.78, 5) is 27.0. The van der Waals surface area contributed by atoms with E-state index in [-0.39, 0.29) is 11.8 Å². The normalized spacial score (nSPS) is 16.0. The molecule has 0 bridgehead atoms. The lowest BCUT2D eigenvalue weighted by atomic mass is 10.2. The van der Waals surface area contributed by atoms with Crippen molar-refractivity contribution in [2.24, 2.45) is 4.99 Å². The van der Waals surface area contributed by atoms with E-state index < -0.39 is 0 Å². The van der Waals surface area contributed by atoms with Crippen LogP contribution in [0.25, 0.3) is 6.08 Å². The molecule has 6 heteroatoms. The Morgan fingerprint density at radius 1 is 1.48 bits per heavy atom. The van der Waals surface area contributed by atoms with Crippen LogP contribution in [0.4, 0.5) is 0 Å². The number of nitrogens with zero attached hydrogens (tertiary/aromatic N) is 1. The fraction of sp³-hybridized carbons (Fsp3) is 0.267. The number of thioether (sulfide) groups is 1. The molecule has 0 atom stereocenters. The highest BCUT2D eigenvalue weighted by atomic mass is 32.2. The van der Waals surface area contributed by atoms with E-state index in [2.05, 4.69) is 10.3 Å². The van der Waals surface area contributed by atoms with Crippen LogP contribution in [0.5, 0.6) is 5.75 Å². The van der Waals surface area contributed by atoms with Crippen LogP contribution < -0.4 is 10.1 Å². The number of ether oxygens (including phenoxy) is 1. The number of amides is 2. The van der Waals surface area contributed by atoms with Crippen molar-refractivity contribution in [2.45, 2.75) is 20.3 Å². The number of rotatable bonds is 4. The van der Waals surface area contributed by atoms with Gasteiger partial charge < -0.3 is 10.1 Å². The number of amidine groups is 1. The van der Waals surface area contributed by atoms with Crippen LogP contribution in [0.2, 0.25) is 0 Å². The first-order chi connectivity index (χ1) is 10.1. The van der Waals surface area contributed by atoms with Gasteiger partial charge in [0, 0.05) is 6.92 Å². The molecule has 0 aliphatic carbocycles. The first kappa shape index (κ1) is 15.3. The van der Waals surface area contributed by atoms with Crippen LogP contribution in [0.15, 0.2) is 34.2 Å². The van der Waals surface area contributed by atoms with E-state index in [4.69, 9.17) is 4.74 Å². The minimum Gasteiger partial charge on any atom is -0.494 e. The van der Waals surface area contributed by atoms with E-state index >= 15 is 0 Å². The molecule has 1 aromatic carbocycles. The van der Waals surface area contributed by atoms with Crippen LogP contribution >= 0.6 is 11.8 Å². The molecule has 2 rings (SSSR count). The maximum absolute atomic E-state index is 11.8. The second-order valence-corrected chi connectivity index (χ2v) is 5.47. The molecule has 1 aliphatic heterocycles. The second kappa shape index (κ2) is 7.08. The summed E-state index contributed by atoms with van der Waals surface area (Å²) in [5.41, 5.74) is 0.860. The quantitative estimate of drug-likeness (QED) is 0.868. The smallest absolute Gasteiger partial charge is 0.286 e. The lowest BCUT2D eigenvalue weighted by Crippen LogP contribution is -2.23. The number of benzene rings is 1. The second-order valence-electron chi connectivity index (χ2n) is 4.43. The van der Waals surface area contributed by atoms with Gasteiger partial charge in [0.15, 0.2) is 5.17 Å². The maximum Gasteiger partial charge on any atom is 0.286 e. The molecule has 5 nitrogen and oxygen atoms in total. The van der Waals surface area contributed by atoms with Crippen molar-refractivity contribution in [1.29, 1.82) is 0 Å². The first-order valence-electron chi connectivity index (χ1n) is 6.61. The predicted molar refractivity (Wildman–Crippen MR) is 84.1 cm³/mol. The lowest BCUT2D eigenvalue weighted by molar-refractivity contribution is -0.117. The molecule has 0 fully saturated rings. The summed E-state index contributed by atoms with van der Waals surface area (Å²) in [6.45, 7) is 4.08. The highest BCUT2D eigenvalue weighted by Gasteiger charge is 2.22. The molecule has 0 spiro atoms. The third-order valence-electron chi connectivity index (χ3n) is 2.53. The standard InChI is InChI=1S/C15H16N2O3S/c1-3-7-20-12-6-4-5-11(8-12)9-13-14(19)17-15(21-13)16-10(2)18/h4-6,8-9H,3,7H2,1-2H3,(H,16,17,18,19). The zero-order valence-corrected chi connectivity index (χ0v) is 12.7. The van der Waals surface area contributed by atoms with Crippen molar-refractivity contribution in [1.82, 2.24) is 5.32 Å². The Bertz CT molecular complexity index is 623. The largest absolute Gasteiger partial charge is 0.494 e. The van der Waals surface area contributed by atoms with E-state index in [1.165, 1.54) is 6.92 Å². The molecular weight excluding hydrogens is 288 g/mol. The van der Waals surface area contributed by atoms with Crippen molar-refractivity contribution in [3.05, 3.63) is 34.7 Å². The Morgan fingerprint density at radius 2 is 2.29 bits per heavy atom. The van der Waals surface area contributed by atoms with Gasteiger partial charge in [0.2, 0.25) is 5.91 Å². The summed E-state index contributed by atoms with van der Waals surface area (Å²) in [5.74, 6) is 0.179. The Kier molecular flexibility index (Phi) is 5.16. The number of carbonyl (C=O) groups excluding carboxylic acids is 2. The number of hydrogen-bond donors (Lipinski definition) is 1. The average molecular weight is 304 g/mol. The fourth-order valence-electron chi connectivity index (χ4n) is 1.68. The highest BCUT2D eigenvalue weighted by Crippen LogP contribution is 2.28. The zero-order chi connectivity index (χ0) is 15.2. The van der Waals surface area contributed by atoms with Gasteiger partial charge >= 0.3 is 0 Å². The molecule has 0 radical (unpaired) electrons. The van der Waals surface area contributed by atoms with Gasteiger partial charge in [-0.15, -0.1) is 0 Å². The van der Waals surface area contributed by atoms with E-state index in [0.717, 1.165) is 29.5 Å². The first-order valence-corrected chi connectivity index (χ1v) is 7.43. The highest BCUT2D eigenvalue weighted by molar-refractivity contribution is 8.18. The summed E-state index contributed by atoms with van der Waals surface area (Å²) in [7, 11) is 0. The van der Waals surface area contributed by atoms with Gasteiger partial charge in [-0.2, -0.15) is 4.99 Å². The van der Waals surface area contributed by atoms with Crippen LogP contribution in [0.1, 0.15) is 25.8 Å². The molecule has 110 valence electrons. The molecular formula is C15H16N2O3S. The molecule has 1 aliphatic rings. The molecule has 0 aromatic heterocycles. The van der Waals surface area contributed by atoms with Crippen molar-refractivity contribution in [3.63, 3.8) is 0 Å². The van der Waals surface area contributed by atoms with Crippen LogP contribution in [-0.2, 0) is 9.59 Å². The molecule has 1 N–H and O–H groups in total. The summed E-state index contributed by atoms with van der Waals surface area (Å²) in [6, 6.07) is 7.50. The van der Waals surface area contributed by atoms with Gasteiger partial charge in [0.1, 0.15) is 5.75 Å². The van der Waals surface area contributed by atoms with Crippen LogP contribution in [0.3, 0.4) is 0 Å². The summed E-state index contributed by atoms with van der Waals surface area (Å²) in [5, 5.41) is 2.83. The van der Waals surface area contributed by atoms with Gasteiger partial charge in [0.25, 0.3) is 5.91 Å². The molecule has 2 amide bonds. The Morgan fingerprint density at radius 3 is 3.00 bits per heavy atom. The summed E-state index contributed by atoms with van der Waals surface area (Å²) in [6.07, 6.45) is 2.68. The van der Waals surface area contributed by atoms with Crippen LogP contribution in [0, 0.1) is 0 Å². The molecule has 1 aromatic rings. The number of aliphatic imine (C=N–C) groups is 1. The Hall–Kier alpha value is -2.08. The van der Waals surface area contributed by atoms with Gasteiger partial charge in [-0.25, -0.2) is 0 Å². The van der Waals surface area contributed by atoms with E-state index in [9.17, 15) is 9.59 Å². The van der Waals surface area contributed by atoms with Crippen molar-refractivity contribution < 1.29 is 14.3 Å². The Balaban J connectivity index is 2.10. The maximum atomic E-state index is 11.8. The van der Waals surface area contributed by atoms with Crippen molar-refractivity contribution in [2.75, 3.05) is 6.61 Å². The van der Waals surface area contributed by atoms with E-state index in [0.29, 0.717) is 16.7 Å². The zero-order valence-electron chi connectivity index (χ0n) is 11.9. The molecule has 21 heavy (non-hydrogen) atoms. The van der Waals surface area contributed by atoms with Gasteiger partial charge in [0.05, 0.1) is 11.5 Å². The Labute approximate surface area is 127 Å². The molecule has 1 heterocycles. The third kappa shape index (κ3) is 4.46. The van der Waals surface area contributed by atoms with E-state index in [1.807, 2.05) is 31.2 Å². The van der Waals surface area contributed by atoms with Crippen molar-refractivity contribution in [3.8, 4) is 5.75 Å². The van der Waals surface area contributed by atoms with Gasteiger partial charge in [-0.3, -0.25) is 9.59 Å². The van der Waals surface area contributed by atoms with Crippen molar-refractivity contribution >= 4 is 34.8 Å². The number of hydrogen-bond acceptors (Lipinski definition) is 4. The lowest BCUT2D eigenvalue weighted by Gasteiger charge is -2.05. The minimum atomic E-state index is -0.344. The van der Waals surface area contributed by atoms with E-state index in [1.54, 1.807) is 6.08 Å². The minimum absolute atomic E-state index is 0.245. The molecule has 0 unspecified atom stereocenters. The topological polar surface area (TPSA) is 67.8 Å². The number of carbonyl (C=O) groups is 2. The summed E-state index contributed by atoms with van der Waals surface area (Å²) < 4.78 is 5.55. The number of nitrogens with one attached hydrogen (secondary N) is 1. The monoisotopic (exact) mass is 304 g/mol.